The second-order valence-corrected chi connectivity index (χ2v) is 7.34. The van der Waals surface area contributed by atoms with Gasteiger partial charge in [0.15, 0.2) is 0 Å². The molecule has 114 valence electrons. The Balaban J connectivity index is 2.04. The zero-order valence-corrected chi connectivity index (χ0v) is 12.5. The number of para-hydroxylation sites is 1. The van der Waals surface area contributed by atoms with Crippen LogP contribution in [0.3, 0.4) is 0 Å². The average molecular weight is 337 g/mol. The van der Waals surface area contributed by atoms with Gasteiger partial charge in [0.05, 0.1) is 16.1 Å². The highest BCUT2D eigenvalue weighted by molar-refractivity contribution is 8.09. The molecule has 0 aliphatic carbocycles. The summed E-state index contributed by atoms with van der Waals surface area (Å²) in [5.41, 5.74) is -0.0677. The number of amides is 1. The summed E-state index contributed by atoms with van der Waals surface area (Å²) in [7, 11) is -3.99. The van der Waals surface area contributed by atoms with E-state index in [1.54, 1.807) is 12.1 Å². The number of anilines is 1. The molecule has 2 aromatic rings. The second-order valence-electron chi connectivity index (χ2n) is 4.37. The van der Waals surface area contributed by atoms with Gasteiger partial charge in [0.2, 0.25) is 0 Å². The van der Waals surface area contributed by atoms with Crippen LogP contribution in [0.1, 0.15) is 10.4 Å². The summed E-state index contributed by atoms with van der Waals surface area (Å²) in [5, 5.41) is 19.8. The van der Waals surface area contributed by atoms with Gasteiger partial charge in [0, 0.05) is 11.9 Å². The minimum Gasteiger partial charge on any atom is -0.733 e. The van der Waals surface area contributed by atoms with E-state index in [1.807, 2.05) is 0 Å². The number of rotatable bonds is 3. The van der Waals surface area contributed by atoms with Crippen LogP contribution in [-0.4, -0.2) is 23.2 Å². The van der Waals surface area contributed by atoms with Gasteiger partial charge in [-0.25, -0.2) is 8.42 Å². The van der Waals surface area contributed by atoms with Crippen LogP contribution in [0.2, 0.25) is 0 Å². The number of benzene rings is 2. The SMILES string of the molecule is O=C1c2ccccc2S(=O)(=O)N1Sc1ccccc1N([O-])O. The van der Waals surface area contributed by atoms with Crippen molar-refractivity contribution in [2.75, 3.05) is 5.23 Å². The Bertz CT molecular complexity index is 851. The minimum absolute atomic E-state index is 0.0760. The van der Waals surface area contributed by atoms with Crippen LogP contribution in [0.25, 0.3) is 0 Å². The standard InChI is InChI=1S/C13H9N2O5S2/c16-13-9-5-1-4-8-12(9)22(19,20)15(13)21-11-7-3-2-6-10(11)14(17)18/h1-8,17H/q-1. The molecule has 0 saturated carbocycles. The van der Waals surface area contributed by atoms with Gasteiger partial charge < -0.3 is 10.4 Å². The predicted molar refractivity (Wildman–Crippen MR) is 79.7 cm³/mol. The zero-order chi connectivity index (χ0) is 15.9. The Kier molecular flexibility index (Phi) is 3.57. The summed E-state index contributed by atoms with van der Waals surface area (Å²) >= 11 is 0.572. The third-order valence-electron chi connectivity index (χ3n) is 3.03. The topological polar surface area (TPSA) is 101 Å². The molecule has 1 aliphatic heterocycles. The molecule has 3 rings (SSSR count). The van der Waals surface area contributed by atoms with Gasteiger partial charge in [-0.2, -0.15) is 3.71 Å². The van der Waals surface area contributed by atoms with Gasteiger partial charge in [-0.05, 0) is 24.3 Å². The molecule has 0 radical (unpaired) electrons. The first kappa shape index (κ1) is 14.9. The largest absolute Gasteiger partial charge is 0.733 e. The van der Waals surface area contributed by atoms with E-state index in [9.17, 15) is 18.4 Å². The van der Waals surface area contributed by atoms with Crippen molar-refractivity contribution in [1.29, 1.82) is 0 Å². The number of carbonyl (C=O) groups is 1. The summed E-state index contributed by atoms with van der Waals surface area (Å²) in [6.45, 7) is 0. The van der Waals surface area contributed by atoms with Crippen molar-refractivity contribution in [3.05, 3.63) is 59.3 Å². The van der Waals surface area contributed by atoms with E-state index in [1.165, 1.54) is 36.4 Å². The Morgan fingerprint density at radius 2 is 1.73 bits per heavy atom. The Morgan fingerprint density at radius 3 is 2.41 bits per heavy atom. The first-order chi connectivity index (χ1) is 10.4. The van der Waals surface area contributed by atoms with Gasteiger partial charge in [0.1, 0.15) is 4.90 Å². The molecular weight excluding hydrogens is 328 g/mol. The van der Waals surface area contributed by atoms with Gasteiger partial charge in [-0.1, -0.05) is 24.3 Å². The van der Waals surface area contributed by atoms with Crippen LogP contribution in [0.4, 0.5) is 5.69 Å². The quantitative estimate of drug-likeness (QED) is 0.677. The Hall–Kier alpha value is -2.07. The number of hydrogen-bond acceptors (Lipinski definition) is 7. The van der Waals surface area contributed by atoms with Crippen molar-refractivity contribution < 1.29 is 18.4 Å². The smallest absolute Gasteiger partial charge is 0.279 e. The monoisotopic (exact) mass is 337 g/mol. The normalized spacial score (nSPS) is 15.7. The van der Waals surface area contributed by atoms with Crippen molar-refractivity contribution in [2.45, 2.75) is 9.79 Å². The van der Waals surface area contributed by atoms with Crippen molar-refractivity contribution in [2.24, 2.45) is 0 Å². The fourth-order valence-electron chi connectivity index (χ4n) is 2.04. The van der Waals surface area contributed by atoms with Crippen LogP contribution in [-0.2, 0) is 10.0 Å². The minimum atomic E-state index is -3.99. The second kappa shape index (κ2) is 5.29. The molecule has 0 spiro atoms. The molecule has 1 N–H and O–H groups in total. The molecule has 1 heterocycles. The Morgan fingerprint density at radius 1 is 1.09 bits per heavy atom. The van der Waals surface area contributed by atoms with Crippen molar-refractivity contribution >= 4 is 33.6 Å². The lowest BCUT2D eigenvalue weighted by molar-refractivity contribution is 0.0934. The van der Waals surface area contributed by atoms with Crippen molar-refractivity contribution in [3.63, 3.8) is 0 Å². The maximum absolute atomic E-state index is 12.4. The Labute approximate surface area is 130 Å². The van der Waals surface area contributed by atoms with E-state index < -0.39 is 15.9 Å². The molecule has 22 heavy (non-hydrogen) atoms. The fourth-order valence-corrected chi connectivity index (χ4v) is 4.83. The molecule has 0 saturated heterocycles. The maximum atomic E-state index is 12.4. The molecule has 0 fully saturated rings. The van der Waals surface area contributed by atoms with Crippen LogP contribution >= 0.6 is 11.9 Å². The molecule has 1 aliphatic rings. The number of sulfonamides is 1. The molecule has 9 heteroatoms. The van der Waals surface area contributed by atoms with Gasteiger partial charge in [0.25, 0.3) is 15.9 Å². The zero-order valence-electron chi connectivity index (χ0n) is 10.9. The van der Waals surface area contributed by atoms with Gasteiger partial charge >= 0.3 is 0 Å². The van der Waals surface area contributed by atoms with E-state index in [2.05, 4.69) is 0 Å². The highest BCUT2D eigenvalue weighted by Crippen LogP contribution is 2.40. The molecule has 0 aromatic heterocycles. The predicted octanol–water partition coefficient (Wildman–Crippen LogP) is 2.23. The summed E-state index contributed by atoms with van der Waals surface area (Å²) in [4.78, 5) is 12.3. The van der Waals surface area contributed by atoms with Crippen LogP contribution in [0.5, 0.6) is 0 Å². The summed E-state index contributed by atoms with van der Waals surface area (Å²) in [5.74, 6) is -0.689. The van der Waals surface area contributed by atoms with E-state index in [0.717, 1.165) is 0 Å². The molecule has 0 unspecified atom stereocenters. The first-order valence-electron chi connectivity index (χ1n) is 6.05. The molecule has 1 amide bonds. The first-order valence-corrected chi connectivity index (χ1v) is 8.26. The maximum Gasteiger partial charge on any atom is 0.279 e. The summed E-state index contributed by atoms with van der Waals surface area (Å²) < 4.78 is 25.4. The van der Waals surface area contributed by atoms with Crippen molar-refractivity contribution in [1.82, 2.24) is 3.71 Å². The fraction of sp³-hybridized carbons (Fsp3) is 0. The van der Waals surface area contributed by atoms with Crippen molar-refractivity contribution in [3.8, 4) is 0 Å². The van der Waals surface area contributed by atoms with Gasteiger partial charge in [-0.15, -0.1) is 0 Å². The molecule has 0 atom stereocenters. The third-order valence-corrected chi connectivity index (χ3v) is 6.23. The molecule has 0 bridgehead atoms. The highest BCUT2D eigenvalue weighted by Gasteiger charge is 2.42. The average Bonchev–Trinajstić information content (AvgIpc) is 2.69. The molecule has 7 nitrogen and oxygen atoms in total. The number of hydrogen-bond donors (Lipinski definition) is 1. The van der Waals surface area contributed by atoms with Crippen LogP contribution in [0, 0.1) is 5.21 Å². The number of carbonyl (C=O) groups excluding carboxylic acids is 1. The highest BCUT2D eigenvalue weighted by atomic mass is 32.3. The lowest BCUT2D eigenvalue weighted by atomic mass is 10.2. The van der Waals surface area contributed by atoms with Crippen LogP contribution in [0.15, 0.2) is 58.3 Å². The molecular formula is C13H9N2O5S2-. The number of nitrogens with zero attached hydrogens (tertiary/aromatic N) is 2. The molecule has 2 aromatic carbocycles. The van der Waals surface area contributed by atoms with E-state index in [4.69, 9.17) is 5.21 Å². The van der Waals surface area contributed by atoms with Crippen LogP contribution < -0.4 is 5.23 Å². The van der Waals surface area contributed by atoms with E-state index in [0.29, 0.717) is 15.7 Å². The summed E-state index contributed by atoms with van der Waals surface area (Å²) in [6.07, 6.45) is 0. The lowest BCUT2D eigenvalue weighted by Gasteiger charge is -2.25. The lowest BCUT2D eigenvalue weighted by Crippen LogP contribution is -2.23. The van der Waals surface area contributed by atoms with Gasteiger partial charge in [-0.3, -0.25) is 10.0 Å². The van der Waals surface area contributed by atoms with E-state index >= 15 is 0 Å². The number of fused-ring (bicyclic) bond motifs is 1. The van der Waals surface area contributed by atoms with E-state index in [-0.39, 0.29) is 26.3 Å². The third kappa shape index (κ3) is 2.24. The summed E-state index contributed by atoms with van der Waals surface area (Å²) in [6, 6.07) is 11.7.